The number of amides is 1. The minimum absolute atomic E-state index is 0.0564. The highest BCUT2D eigenvalue weighted by Gasteiger charge is 2.42. The summed E-state index contributed by atoms with van der Waals surface area (Å²) < 4.78 is 88.9. The number of rotatable bonds is 4. The maximum atomic E-state index is 12.8. The zero-order valence-electron chi connectivity index (χ0n) is 12.5. The molecule has 27 heavy (non-hydrogen) atoms. The van der Waals surface area contributed by atoms with E-state index in [1.165, 1.54) is 0 Å². The molecule has 0 fully saturated rings. The Bertz CT molecular complexity index is 905. The molecule has 1 aromatic carbocycles. The lowest BCUT2D eigenvalue weighted by Gasteiger charge is -2.13. The molecule has 6 nitrogen and oxygen atoms in total. The smallest absolute Gasteiger partial charge is 0.382 e. The molecule has 1 atom stereocenters. The van der Waals surface area contributed by atoms with Gasteiger partial charge in [-0.1, -0.05) is 23.2 Å². The number of carbonyl (C=O) groups excluding carboxylic acids is 1. The van der Waals surface area contributed by atoms with Crippen molar-refractivity contribution in [3.05, 3.63) is 27.7 Å². The fourth-order valence-corrected chi connectivity index (χ4v) is 3.40. The summed E-state index contributed by atoms with van der Waals surface area (Å²) in [5.74, 6) is -1.72. The number of nitrogens with two attached hydrogens (primary N) is 1. The number of carbonyl (C=O) groups is 1. The SMILES string of the molecule is Nc1c(S(=O)C(F)(F)F)c(NC=O)nn1-c1c(Cl)cc(C(F)(F)F)cc1Cl. The van der Waals surface area contributed by atoms with Gasteiger partial charge in [-0.05, 0) is 12.1 Å². The van der Waals surface area contributed by atoms with Crippen LogP contribution in [0.15, 0.2) is 17.0 Å². The summed E-state index contributed by atoms with van der Waals surface area (Å²) in [5.41, 5.74) is -1.44. The van der Waals surface area contributed by atoms with Crippen LogP contribution in [0.5, 0.6) is 0 Å². The number of nitrogens with one attached hydrogen (secondary N) is 1. The molecular weight excluding hydrogens is 449 g/mol. The predicted octanol–water partition coefficient (Wildman–Crippen LogP) is 3.98. The van der Waals surface area contributed by atoms with Gasteiger partial charge in [-0.2, -0.15) is 26.3 Å². The third kappa shape index (κ3) is 4.14. The van der Waals surface area contributed by atoms with Gasteiger partial charge < -0.3 is 11.1 Å². The molecule has 3 N–H and O–H groups in total. The van der Waals surface area contributed by atoms with E-state index in [0.29, 0.717) is 16.8 Å². The summed E-state index contributed by atoms with van der Waals surface area (Å²) in [4.78, 5) is 9.48. The normalized spacial score (nSPS) is 13.5. The van der Waals surface area contributed by atoms with E-state index < -0.39 is 60.3 Å². The lowest BCUT2D eigenvalue weighted by molar-refractivity contribution is -0.137. The minimum Gasteiger partial charge on any atom is -0.382 e. The van der Waals surface area contributed by atoms with Crippen molar-refractivity contribution in [2.45, 2.75) is 16.6 Å². The average Bonchev–Trinajstić information content (AvgIpc) is 2.81. The number of anilines is 2. The Labute approximate surface area is 158 Å². The standard InChI is InChI=1S/C12H6Cl2F6N4O2S/c13-5-1-4(11(15,16)17)2-6(14)7(5)24-9(21)8(10(23-24)22-3-25)27(26)12(18,19)20/h1-3H,21H2,(H,22,23,25). The number of nitrogens with zero attached hydrogens (tertiary/aromatic N) is 2. The Morgan fingerprint density at radius 1 is 1.15 bits per heavy atom. The van der Waals surface area contributed by atoms with Crippen LogP contribution < -0.4 is 11.1 Å². The van der Waals surface area contributed by atoms with Crippen LogP contribution in [0.2, 0.25) is 10.0 Å². The van der Waals surface area contributed by atoms with Crippen LogP contribution in [-0.2, 0) is 21.8 Å². The molecule has 0 radical (unpaired) electrons. The molecule has 0 bridgehead atoms. The van der Waals surface area contributed by atoms with Crippen LogP contribution in [0, 0.1) is 0 Å². The third-order valence-electron chi connectivity index (χ3n) is 3.02. The first-order valence-corrected chi connectivity index (χ1v) is 8.33. The highest BCUT2D eigenvalue weighted by molar-refractivity contribution is 7.86. The maximum absolute atomic E-state index is 12.8. The molecular formula is C12H6Cl2F6N4O2S. The second-order valence-electron chi connectivity index (χ2n) is 4.74. The molecule has 1 heterocycles. The van der Waals surface area contributed by atoms with E-state index in [9.17, 15) is 35.3 Å². The van der Waals surface area contributed by atoms with Gasteiger partial charge in [-0.3, -0.25) is 4.79 Å². The molecule has 1 aromatic heterocycles. The van der Waals surface area contributed by atoms with E-state index in [-0.39, 0.29) is 6.41 Å². The third-order valence-corrected chi connectivity index (χ3v) is 4.79. The summed E-state index contributed by atoms with van der Waals surface area (Å²) >= 11 is 11.5. The van der Waals surface area contributed by atoms with Crippen LogP contribution in [0.3, 0.4) is 0 Å². The van der Waals surface area contributed by atoms with Crippen molar-refractivity contribution >= 4 is 52.0 Å². The molecule has 0 spiro atoms. The Morgan fingerprint density at radius 2 is 1.67 bits per heavy atom. The van der Waals surface area contributed by atoms with Gasteiger partial charge >= 0.3 is 11.7 Å². The summed E-state index contributed by atoms with van der Waals surface area (Å²) in [6, 6.07) is 0.911. The van der Waals surface area contributed by atoms with Gasteiger partial charge in [0.2, 0.25) is 6.41 Å². The number of hydrogen-bond donors (Lipinski definition) is 2. The molecule has 0 saturated carbocycles. The molecule has 0 saturated heterocycles. The number of nitrogen functional groups attached to an aromatic ring is 1. The van der Waals surface area contributed by atoms with Crippen molar-refractivity contribution in [3.63, 3.8) is 0 Å². The number of aromatic nitrogens is 2. The fraction of sp³-hybridized carbons (Fsp3) is 0.167. The van der Waals surface area contributed by atoms with Gasteiger partial charge in [0.25, 0.3) is 0 Å². The van der Waals surface area contributed by atoms with Crippen LogP contribution >= 0.6 is 23.2 Å². The molecule has 1 amide bonds. The first-order valence-electron chi connectivity index (χ1n) is 6.43. The highest BCUT2D eigenvalue weighted by Crippen LogP contribution is 2.41. The molecule has 0 aliphatic carbocycles. The van der Waals surface area contributed by atoms with Crippen molar-refractivity contribution in [3.8, 4) is 5.69 Å². The van der Waals surface area contributed by atoms with E-state index in [0.717, 1.165) is 0 Å². The molecule has 2 aromatic rings. The van der Waals surface area contributed by atoms with E-state index in [4.69, 9.17) is 28.9 Å². The summed E-state index contributed by atoms with van der Waals surface area (Å²) in [6.07, 6.45) is -4.85. The van der Waals surface area contributed by atoms with Crippen LogP contribution in [0.1, 0.15) is 5.56 Å². The van der Waals surface area contributed by atoms with E-state index in [1.807, 2.05) is 0 Å². The van der Waals surface area contributed by atoms with Gasteiger partial charge in [-0.25, -0.2) is 8.89 Å². The van der Waals surface area contributed by atoms with Crippen molar-refractivity contribution in [2.75, 3.05) is 11.1 Å². The second kappa shape index (κ2) is 7.20. The van der Waals surface area contributed by atoms with E-state index in [2.05, 4.69) is 5.10 Å². The lowest BCUT2D eigenvalue weighted by Crippen LogP contribution is -2.18. The Kier molecular flexibility index (Phi) is 5.69. The molecule has 1 unspecified atom stereocenters. The Morgan fingerprint density at radius 3 is 2.07 bits per heavy atom. The fourth-order valence-electron chi connectivity index (χ4n) is 1.97. The van der Waals surface area contributed by atoms with Crippen molar-refractivity contribution in [1.29, 1.82) is 0 Å². The van der Waals surface area contributed by atoms with Crippen molar-refractivity contribution in [1.82, 2.24) is 9.78 Å². The van der Waals surface area contributed by atoms with Crippen LogP contribution in [0.4, 0.5) is 38.0 Å². The van der Waals surface area contributed by atoms with Gasteiger partial charge in [0.1, 0.15) is 16.4 Å². The van der Waals surface area contributed by atoms with E-state index in [1.54, 1.807) is 5.32 Å². The first-order chi connectivity index (χ1) is 12.3. The number of halogens is 8. The molecule has 15 heteroatoms. The number of benzene rings is 1. The Hall–Kier alpha value is -1.99. The van der Waals surface area contributed by atoms with Crippen molar-refractivity contribution < 1.29 is 35.3 Å². The summed E-state index contributed by atoms with van der Waals surface area (Å²) in [7, 11) is -3.71. The first kappa shape index (κ1) is 21.3. The highest BCUT2D eigenvalue weighted by atomic mass is 35.5. The molecule has 2 rings (SSSR count). The molecule has 148 valence electrons. The van der Waals surface area contributed by atoms with Crippen molar-refractivity contribution in [2.24, 2.45) is 0 Å². The maximum Gasteiger partial charge on any atom is 0.476 e. The molecule has 0 aliphatic heterocycles. The molecule has 0 aliphatic rings. The summed E-state index contributed by atoms with van der Waals surface area (Å²) in [5, 5.41) is 4.01. The van der Waals surface area contributed by atoms with Gasteiger partial charge in [0.05, 0.1) is 15.6 Å². The number of alkyl halides is 6. The average molecular weight is 455 g/mol. The van der Waals surface area contributed by atoms with Gasteiger partial charge in [0.15, 0.2) is 16.6 Å². The summed E-state index contributed by atoms with van der Waals surface area (Å²) in [6.45, 7) is 0. The topological polar surface area (TPSA) is 90.0 Å². The Balaban J connectivity index is 2.74. The van der Waals surface area contributed by atoms with Crippen LogP contribution in [0.25, 0.3) is 5.69 Å². The largest absolute Gasteiger partial charge is 0.476 e. The zero-order valence-corrected chi connectivity index (χ0v) is 14.8. The van der Waals surface area contributed by atoms with Gasteiger partial charge in [0, 0.05) is 0 Å². The predicted molar refractivity (Wildman–Crippen MR) is 85.1 cm³/mol. The zero-order chi connectivity index (χ0) is 20.7. The quantitative estimate of drug-likeness (QED) is 0.540. The van der Waals surface area contributed by atoms with E-state index >= 15 is 0 Å². The lowest BCUT2D eigenvalue weighted by atomic mass is 10.2. The monoisotopic (exact) mass is 454 g/mol. The van der Waals surface area contributed by atoms with Gasteiger partial charge in [-0.15, -0.1) is 5.10 Å². The van der Waals surface area contributed by atoms with Crippen LogP contribution in [-0.4, -0.2) is 25.9 Å². The number of hydrogen-bond acceptors (Lipinski definition) is 4. The minimum atomic E-state index is -5.25. The second-order valence-corrected chi connectivity index (χ2v) is 6.96.